The topological polar surface area (TPSA) is 118 Å². The first-order chi connectivity index (χ1) is 5.54. The molecule has 0 saturated carbocycles. The van der Waals surface area contributed by atoms with E-state index in [1.54, 1.807) is 0 Å². The molecule has 0 rings (SSSR count). The predicted molar refractivity (Wildman–Crippen MR) is 37.2 cm³/mol. The molecule has 0 heterocycles. The van der Waals surface area contributed by atoms with Gasteiger partial charge in [0.05, 0.1) is 6.61 Å². The summed E-state index contributed by atoms with van der Waals surface area (Å²) in [7, 11) is 0. The summed E-state index contributed by atoms with van der Waals surface area (Å²) >= 11 is 0. The normalized spacial score (nSPS) is 21.1. The average Bonchev–Trinajstić information content (AvgIpc) is 2.12. The summed E-state index contributed by atoms with van der Waals surface area (Å²) in [6, 6.07) is 0. The van der Waals surface area contributed by atoms with Crippen LogP contribution in [0.25, 0.3) is 0 Å². The van der Waals surface area contributed by atoms with Gasteiger partial charge in [0.2, 0.25) is 0 Å². The van der Waals surface area contributed by atoms with Crippen LogP contribution in [0.5, 0.6) is 0 Å². The number of hydrogen-bond donors (Lipinski definition) is 5. The van der Waals surface area contributed by atoms with Crippen molar-refractivity contribution in [1.29, 1.82) is 0 Å². The number of carbonyl (C=O) groups is 1. The van der Waals surface area contributed by atoms with Crippen molar-refractivity contribution >= 4 is 6.29 Å². The van der Waals surface area contributed by atoms with Gasteiger partial charge in [-0.2, -0.15) is 0 Å². The summed E-state index contributed by atoms with van der Waals surface area (Å²) in [6.45, 7) is -0.760. The van der Waals surface area contributed by atoms with Gasteiger partial charge in [0.25, 0.3) is 0 Å². The second-order valence-corrected chi connectivity index (χ2v) is 2.36. The fourth-order valence-corrected chi connectivity index (χ4v) is 0.618. The highest BCUT2D eigenvalue weighted by Gasteiger charge is 2.29. The SMILES string of the molecule is O=C[13C@H](O)[C@@H](O)[C@@H](O)[C@H](O)CO. The molecule has 0 aliphatic carbocycles. The molecule has 0 amide bonds. The zero-order valence-electron chi connectivity index (χ0n) is 6.24. The van der Waals surface area contributed by atoms with Gasteiger partial charge in [-0.15, -0.1) is 0 Å². The van der Waals surface area contributed by atoms with Crippen molar-refractivity contribution in [2.45, 2.75) is 24.4 Å². The largest absolute Gasteiger partial charge is 0.394 e. The molecule has 0 aliphatic heterocycles. The van der Waals surface area contributed by atoms with Gasteiger partial charge in [-0.05, 0) is 0 Å². The van der Waals surface area contributed by atoms with Crippen LogP contribution in [0.2, 0.25) is 0 Å². The van der Waals surface area contributed by atoms with E-state index in [-0.39, 0.29) is 6.29 Å². The summed E-state index contributed by atoms with van der Waals surface area (Å²) in [4.78, 5) is 9.90. The van der Waals surface area contributed by atoms with Gasteiger partial charge in [-0.3, -0.25) is 0 Å². The molecule has 6 heteroatoms. The molecule has 0 aromatic rings. The number of rotatable bonds is 5. The van der Waals surface area contributed by atoms with Crippen LogP contribution in [0.4, 0.5) is 0 Å². The Kier molecular flexibility index (Phi) is 4.95. The number of aldehydes is 1. The maximum absolute atomic E-state index is 9.90. The van der Waals surface area contributed by atoms with Crippen molar-refractivity contribution in [1.82, 2.24) is 0 Å². The number of aliphatic hydroxyl groups excluding tert-OH is 5. The first-order valence-electron chi connectivity index (χ1n) is 3.33. The van der Waals surface area contributed by atoms with Crippen molar-refractivity contribution in [2.24, 2.45) is 0 Å². The summed E-state index contributed by atoms with van der Waals surface area (Å²) in [5, 5.41) is 43.5. The third-order valence-electron chi connectivity index (χ3n) is 1.42. The van der Waals surface area contributed by atoms with Gasteiger partial charge < -0.3 is 30.3 Å². The van der Waals surface area contributed by atoms with E-state index in [2.05, 4.69) is 0 Å². The summed E-state index contributed by atoms with van der Waals surface area (Å²) < 4.78 is 0. The van der Waals surface area contributed by atoms with Crippen LogP contribution < -0.4 is 0 Å². The lowest BCUT2D eigenvalue weighted by atomic mass is 10.1. The maximum atomic E-state index is 9.90. The molecule has 0 spiro atoms. The molecule has 0 fully saturated rings. The Bertz CT molecular complexity index is 138. The highest BCUT2D eigenvalue weighted by molar-refractivity contribution is 5.56. The van der Waals surface area contributed by atoms with E-state index in [9.17, 15) is 4.79 Å². The molecule has 0 unspecified atom stereocenters. The molecule has 4 atom stereocenters. The molecule has 0 aromatic carbocycles. The van der Waals surface area contributed by atoms with E-state index in [0.29, 0.717) is 0 Å². The molecule has 0 aliphatic rings. The Morgan fingerprint density at radius 2 is 1.58 bits per heavy atom. The zero-order chi connectivity index (χ0) is 9.72. The minimum absolute atomic E-state index is 0.0258. The minimum Gasteiger partial charge on any atom is -0.394 e. The number of carbonyl (C=O) groups excluding carboxylic acids is 1. The number of aliphatic hydroxyl groups is 5. The number of hydrogen-bond acceptors (Lipinski definition) is 6. The van der Waals surface area contributed by atoms with E-state index >= 15 is 0 Å². The zero-order valence-corrected chi connectivity index (χ0v) is 6.24. The fraction of sp³-hybridized carbons (Fsp3) is 0.833. The second-order valence-electron chi connectivity index (χ2n) is 2.36. The lowest BCUT2D eigenvalue weighted by Crippen LogP contribution is -2.46. The standard InChI is InChI=1S/C6H12O6/c7-1-3(9)5(11)6(12)4(10)2-8/h1,3-6,8-12H,2H2/t3-,4+,5+,6-/m0/s1/i3+1. The van der Waals surface area contributed by atoms with Crippen LogP contribution in [-0.2, 0) is 4.79 Å². The van der Waals surface area contributed by atoms with Crippen LogP contribution in [0.1, 0.15) is 0 Å². The lowest BCUT2D eigenvalue weighted by molar-refractivity contribution is -0.136. The lowest BCUT2D eigenvalue weighted by Gasteiger charge is -2.22. The monoisotopic (exact) mass is 181 g/mol. The molecule has 0 bridgehead atoms. The van der Waals surface area contributed by atoms with E-state index in [0.717, 1.165) is 0 Å². The van der Waals surface area contributed by atoms with Crippen LogP contribution >= 0.6 is 0 Å². The molecule has 72 valence electrons. The molecule has 0 saturated heterocycles. The van der Waals surface area contributed by atoms with Crippen molar-refractivity contribution in [2.75, 3.05) is 6.61 Å². The fourth-order valence-electron chi connectivity index (χ4n) is 0.618. The van der Waals surface area contributed by atoms with Crippen LogP contribution in [-0.4, -0.2) is 62.8 Å². The minimum atomic E-state index is -1.79. The van der Waals surface area contributed by atoms with Crippen LogP contribution in [0, 0.1) is 0 Å². The molecule has 5 N–H and O–H groups in total. The maximum Gasteiger partial charge on any atom is 0.151 e. The smallest absolute Gasteiger partial charge is 0.151 e. The van der Waals surface area contributed by atoms with Crippen molar-refractivity contribution < 1.29 is 30.3 Å². The van der Waals surface area contributed by atoms with Gasteiger partial charge in [0.15, 0.2) is 6.29 Å². The van der Waals surface area contributed by atoms with Crippen LogP contribution in [0.15, 0.2) is 0 Å². The Hall–Kier alpha value is -0.530. The molecular weight excluding hydrogens is 169 g/mol. The molecule has 12 heavy (non-hydrogen) atoms. The Labute approximate surface area is 68.7 Å². The van der Waals surface area contributed by atoms with Gasteiger partial charge in [0, 0.05) is 0 Å². The average molecular weight is 181 g/mol. The molecular formula is C6H12O6. The first-order valence-corrected chi connectivity index (χ1v) is 3.33. The van der Waals surface area contributed by atoms with Gasteiger partial charge in [-0.25, -0.2) is 0 Å². The van der Waals surface area contributed by atoms with Crippen molar-refractivity contribution in [3.63, 3.8) is 0 Å². The van der Waals surface area contributed by atoms with E-state index in [1.807, 2.05) is 0 Å². The van der Waals surface area contributed by atoms with Crippen molar-refractivity contribution in [3.8, 4) is 0 Å². The predicted octanol–water partition coefficient (Wildman–Crippen LogP) is -3.38. The van der Waals surface area contributed by atoms with Gasteiger partial charge >= 0.3 is 0 Å². The Morgan fingerprint density at radius 1 is 1.08 bits per heavy atom. The Balaban J connectivity index is 4.07. The molecule has 0 radical (unpaired) electrons. The summed E-state index contributed by atoms with van der Waals surface area (Å²) in [5.74, 6) is 0. The molecule has 0 aromatic heterocycles. The van der Waals surface area contributed by atoms with E-state index in [1.165, 1.54) is 0 Å². The third kappa shape index (κ3) is 2.84. The quantitative estimate of drug-likeness (QED) is 0.223. The molecule has 6 nitrogen and oxygen atoms in total. The first kappa shape index (κ1) is 11.5. The van der Waals surface area contributed by atoms with Crippen molar-refractivity contribution in [3.05, 3.63) is 0 Å². The van der Waals surface area contributed by atoms with E-state index < -0.39 is 31.0 Å². The van der Waals surface area contributed by atoms with Crippen LogP contribution in [0.3, 0.4) is 0 Å². The summed E-state index contributed by atoms with van der Waals surface area (Å²) in [6.07, 6.45) is -6.84. The van der Waals surface area contributed by atoms with E-state index in [4.69, 9.17) is 25.5 Å². The second kappa shape index (κ2) is 5.18. The summed E-state index contributed by atoms with van der Waals surface area (Å²) in [5.41, 5.74) is 0. The van der Waals surface area contributed by atoms with Gasteiger partial charge in [0.1, 0.15) is 24.4 Å². The third-order valence-corrected chi connectivity index (χ3v) is 1.42. The Morgan fingerprint density at radius 3 is 1.92 bits per heavy atom. The highest BCUT2D eigenvalue weighted by Crippen LogP contribution is 2.02. The van der Waals surface area contributed by atoms with Gasteiger partial charge in [-0.1, -0.05) is 0 Å². The highest BCUT2D eigenvalue weighted by atomic mass is 16.4.